The topological polar surface area (TPSA) is 79.1 Å². The average Bonchev–Trinajstić information content (AvgIpc) is 3.17. The summed E-state index contributed by atoms with van der Waals surface area (Å²) in [5.41, 5.74) is 2.14. The van der Waals surface area contributed by atoms with Gasteiger partial charge >= 0.3 is 5.97 Å². The molecule has 1 aromatic heterocycles. The van der Waals surface area contributed by atoms with Crippen LogP contribution in [0.5, 0.6) is 11.5 Å². The second kappa shape index (κ2) is 11.4. The number of nitrogens with zero attached hydrogens (tertiary/aromatic N) is 2. The van der Waals surface area contributed by atoms with Gasteiger partial charge in [-0.2, -0.15) is 0 Å². The molecule has 0 aliphatic carbocycles. The molecule has 1 atom stereocenters. The van der Waals surface area contributed by atoms with Crippen molar-refractivity contribution in [1.29, 1.82) is 0 Å². The molecule has 192 valence electrons. The number of para-hydroxylation sites is 1. The highest BCUT2D eigenvalue weighted by Gasteiger charge is 2.33. The number of benzene rings is 2. The van der Waals surface area contributed by atoms with E-state index in [-0.39, 0.29) is 18.3 Å². The molecule has 0 fully saturated rings. The molecule has 0 amide bonds. The minimum atomic E-state index is -0.683. The number of carbonyl (C=O) groups is 1. The van der Waals surface area contributed by atoms with Crippen LogP contribution in [0.25, 0.3) is 6.08 Å². The van der Waals surface area contributed by atoms with Crippen LogP contribution in [-0.4, -0.2) is 29.9 Å². The maximum Gasteiger partial charge on any atom is 0.338 e. The van der Waals surface area contributed by atoms with E-state index in [1.54, 1.807) is 30.6 Å². The molecule has 0 spiro atoms. The molecular weight excluding hydrogens is 488 g/mol. The Kier molecular flexibility index (Phi) is 8.08. The Morgan fingerprint density at radius 1 is 1.19 bits per heavy atom. The Morgan fingerprint density at radius 2 is 1.92 bits per heavy atom. The standard InChI is InChI=1S/C29H30N2O5S/c1-6-16-35-23-11-9-8-10-21(23)17-24-27(32)31-26(20-12-14-22(15-13-20)36-18(3)4)25(28(33)34-7-2)19(5)30-29(31)37-24/h6,8-15,17-18,26H,1,7,16H2,2-5H3/b24-17+/t26-/m0/s1. The zero-order valence-corrected chi connectivity index (χ0v) is 22.2. The molecule has 1 aliphatic heterocycles. The lowest BCUT2D eigenvalue weighted by Gasteiger charge is -2.25. The summed E-state index contributed by atoms with van der Waals surface area (Å²) in [7, 11) is 0. The van der Waals surface area contributed by atoms with E-state index in [9.17, 15) is 9.59 Å². The highest BCUT2D eigenvalue weighted by molar-refractivity contribution is 7.07. The number of allylic oxidation sites excluding steroid dienone is 1. The van der Waals surface area contributed by atoms with Crippen LogP contribution in [0, 0.1) is 0 Å². The number of rotatable bonds is 9. The lowest BCUT2D eigenvalue weighted by atomic mass is 9.96. The van der Waals surface area contributed by atoms with E-state index in [4.69, 9.17) is 14.2 Å². The van der Waals surface area contributed by atoms with E-state index in [0.717, 1.165) is 11.1 Å². The number of fused-ring (bicyclic) bond motifs is 1. The van der Waals surface area contributed by atoms with Gasteiger partial charge in [0, 0.05) is 5.56 Å². The van der Waals surface area contributed by atoms with Crippen molar-refractivity contribution in [2.45, 2.75) is 39.8 Å². The Bertz CT molecular complexity index is 1510. The summed E-state index contributed by atoms with van der Waals surface area (Å²) in [6.07, 6.45) is 3.49. The summed E-state index contributed by atoms with van der Waals surface area (Å²) >= 11 is 1.27. The Labute approximate surface area is 219 Å². The molecule has 3 aromatic rings. The van der Waals surface area contributed by atoms with E-state index in [1.165, 1.54) is 11.3 Å². The van der Waals surface area contributed by atoms with Gasteiger partial charge in [0.05, 0.1) is 34.6 Å². The van der Waals surface area contributed by atoms with Gasteiger partial charge in [-0.1, -0.05) is 54.3 Å². The van der Waals surface area contributed by atoms with E-state index < -0.39 is 12.0 Å². The van der Waals surface area contributed by atoms with Gasteiger partial charge < -0.3 is 14.2 Å². The zero-order chi connectivity index (χ0) is 26.5. The van der Waals surface area contributed by atoms with Crippen LogP contribution < -0.4 is 24.4 Å². The molecule has 0 saturated carbocycles. The number of hydrogen-bond acceptors (Lipinski definition) is 7. The molecule has 8 heteroatoms. The molecule has 0 radical (unpaired) electrons. The van der Waals surface area contributed by atoms with Gasteiger partial charge in [-0.25, -0.2) is 9.79 Å². The first-order valence-corrected chi connectivity index (χ1v) is 12.9. The number of hydrogen-bond donors (Lipinski definition) is 0. The number of thiazole rings is 1. The molecule has 0 N–H and O–H groups in total. The predicted molar refractivity (Wildman–Crippen MR) is 145 cm³/mol. The Hall–Kier alpha value is -3.91. The fourth-order valence-electron chi connectivity index (χ4n) is 4.13. The lowest BCUT2D eigenvalue weighted by Crippen LogP contribution is -2.39. The summed E-state index contributed by atoms with van der Waals surface area (Å²) in [5, 5.41) is 0. The average molecular weight is 519 g/mol. The van der Waals surface area contributed by atoms with Gasteiger partial charge in [-0.15, -0.1) is 0 Å². The summed E-state index contributed by atoms with van der Waals surface area (Å²) in [5.74, 6) is 0.864. The van der Waals surface area contributed by atoms with Crippen molar-refractivity contribution in [1.82, 2.24) is 4.57 Å². The Morgan fingerprint density at radius 3 is 2.59 bits per heavy atom. The maximum absolute atomic E-state index is 13.8. The molecule has 0 unspecified atom stereocenters. The van der Waals surface area contributed by atoms with Crippen molar-refractivity contribution >= 4 is 23.4 Å². The molecule has 2 aromatic carbocycles. The molecule has 0 saturated heterocycles. The van der Waals surface area contributed by atoms with Crippen LogP contribution in [0.15, 0.2) is 82.2 Å². The minimum Gasteiger partial charge on any atom is -0.491 e. The van der Waals surface area contributed by atoms with Gasteiger partial charge in [0.25, 0.3) is 5.56 Å². The third-order valence-electron chi connectivity index (χ3n) is 5.65. The molecule has 0 bridgehead atoms. The maximum atomic E-state index is 13.8. The summed E-state index contributed by atoms with van der Waals surface area (Å²) in [4.78, 5) is 32.0. The van der Waals surface area contributed by atoms with E-state index in [1.807, 2.05) is 62.4 Å². The molecule has 7 nitrogen and oxygen atoms in total. The SMILES string of the molecule is C=CCOc1ccccc1/C=c1/sc2n(c1=O)[C@@H](c1ccc(OC(C)C)cc1)C(C(=O)OCC)=C(C)N=2. The predicted octanol–water partition coefficient (Wildman–Crippen LogP) is 4.15. The van der Waals surface area contributed by atoms with Crippen molar-refractivity contribution in [2.75, 3.05) is 13.2 Å². The van der Waals surface area contributed by atoms with Gasteiger partial charge in [-0.3, -0.25) is 9.36 Å². The summed E-state index contributed by atoms with van der Waals surface area (Å²) in [6, 6.07) is 14.2. The molecule has 2 heterocycles. The first-order valence-electron chi connectivity index (χ1n) is 12.1. The summed E-state index contributed by atoms with van der Waals surface area (Å²) < 4.78 is 19.0. The van der Waals surface area contributed by atoms with Crippen LogP contribution in [0.3, 0.4) is 0 Å². The first-order chi connectivity index (χ1) is 17.8. The summed E-state index contributed by atoms with van der Waals surface area (Å²) in [6.45, 7) is 11.7. The van der Waals surface area contributed by atoms with Crippen LogP contribution in [-0.2, 0) is 9.53 Å². The second-order valence-corrected chi connectivity index (χ2v) is 9.68. The van der Waals surface area contributed by atoms with Gasteiger partial charge in [0.1, 0.15) is 18.1 Å². The number of esters is 1. The molecule has 4 rings (SSSR count). The van der Waals surface area contributed by atoms with Crippen molar-refractivity contribution in [3.63, 3.8) is 0 Å². The third-order valence-corrected chi connectivity index (χ3v) is 6.63. The fourth-order valence-corrected chi connectivity index (χ4v) is 5.17. The molecule has 37 heavy (non-hydrogen) atoms. The number of aromatic nitrogens is 1. The molecule has 1 aliphatic rings. The van der Waals surface area contributed by atoms with Crippen molar-refractivity contribution in [3.8, 4) is 11.5 Å². The van der Waals surface area contributed by atoms with Crippen LogP contribution in [0.4, 0.5) is 0 Å². The van der Waals surface area contributed by atoms with E-state index in [0.29, 0.717) is 38.7 Å². The van der Waals surface area contributed by atoms with E-state index >= 15 is 0 Å². The zero-order valence-electron chi connectivity index (χ0n) is 21.4. The van der Waals surface area contributed by atoms with Gasteiger partial charge in [0.15, 0.2) is 4.80 Å². The van der Waals surface area contributed by atoms with Crippen LogP contribution >= 0.6 is 11.3 Å². The second-order valence-electron chi connectivity index (χ2n) is 8.68. The normalized spacial score (nSPS) is 15.3. The van der Waals surface area contributed by atoms with Crippen molar-refractivity contribution in [3.05, 3.63) is 103 Å². The van der Waals surface area contributed by atoms with E-state index in [2.05, 4.69) is 11.6 Å². The first kappa shape index (κ1) is 26.2. The van der Waals surface area contributed by atoms with Crippen molar-refractivity contribution in [2.24, 2.45) is 4.99 Å². The van der Waals surface area contributed by atoms with Crippen LogP contribution in [0.1, 0.15) is 44.9 Å². The minimum absolute atomic E-state index is 0.0269. The quantitative estimate of drug-likeness (QED) is 0.314. The monoisotopic (exact) mass is 518 g/mol. The smallest absolute Gasteiger partial charge is 0.338 e. The largest absolute Gasteiger partial charge is 0.491 e. The lowest BCUT2D eigenvalue weighted by molar-refractivity contribution is -0.139. The van der Waals surface area contributed by atoms with Gasteiger partial charge in [-0.05, 0) is 57.5 Å². The highest BCUT2D eigenvalue weighted by Crippen LogP contribution is 2.32. The third kappa shape index (κ3) is 5.59. The highest BCUT2D eigenvalue weighted by atomic mass is 32.1. The molecular formula is C29H30N2O5S. The van der Waals surface area contributed by atoms with Crippen molar-refractivity contribution < 1.29 is 19.0 Å². The Balaban J connectivity index is 1.88. The number of ether oxygens (including phenoxy) is 3. The fraction of sp³-hybridized carbons (Fsp3) is 0.276. The van der Waals surface area contributed by atoms with Crippen LogP contribution in [0.2, 0.25) is 0 Å². The number of carbonyl (C=O) groups excluding carboxylic acids is 1. The van der Waals surface area contributed by atoms with Gasteiger partial charge in [0.2, 0.25) is 0 Å².